The third-order valence-electron chi connectivity index (χ3n) is 3.61. The van der Waals surface area contributed by atoms with Crippen molar-refractivity contribution in [3.05, 3.63) is 76.1 Å². The Labute approximate surface area is 159 Å². The molecular formula is C20H13N3O3S. The number of aromatic carboxylic acids is 1. The van der Waals surface area contributed by atoms with E-state index in [0.717, 1.165) is 11.3 Å². The van der Waals surface area contributed by atoms with Gasteiger partial charge in [0.2, 0.25) is 0 Å². The molecule has 0 saturated heterocycles. The summed E-state index contributed by atoms with van der Waals surface area (Å²) in [4.78, 5) is 27.6. The Morgan fingerprint density at radius 2 is 1.81 bits per heavy atom. The van der Waals surface area contributed by atoms with E-state index < -0.39 is 11.9 Å². The Balaban J connectivity index is 1.76. The maximum atomic E-state index is 12.3. The molecule has 0 unspecified atom stereocenters. The first-order chi connectivity index (χ1) is 13.1. The molecule has 2 N–H and O–H groups in total. The second kappa shape index (κ2) is 8.08. The van der Waals surface area contributed by atoms with Crippen molar-refractivity contribution in [1.29, 1.82) is 5.26 Å². The van der Waals surface area contributed by atoms with Gasteiger partial charge in [-0.2, -0.15) is 5.26 Å². The van der Waals surface area contributed by atoms with E-state index in [0.29, 0.717) is 10.7 Å². The lowest BCUT2D eigenvalue weighted by molar-refractivity contribution is -0.112. The van der Waals surface area contributed by atoms with Gasteiger partial charge in [-0.25, -0.2) is 9.78 Å². The maximum Gasteiger partial charge on any atom is 0.335 e. The number of thiazole rings is 1. The van der Waals surface area contributed by atoms with E-state index in [1.807, 2.05) is 41.8 Å². The number of anilines is 1. The molecule has 2 aromatic carbocycles. The monoisotopic (exact) mass is 375 g/mol. The van der Waals surface area contributed by atoms with Crippen molar-refractivity contribution in [3.8, 4) is 17.3 Å². The molecule has 0 aliphatic carbocycles. The summed E-state index contributed by atoms with van der Waals surface area (Å²) in [6.07, 6.45) is 1.43. The highest BCUT2D eigenvalue weighted by atomic mass is 32.1. The van der Waals surface area contributed by atoms with Gasteiger partial charge in [0.15, 0.2) is 0 Å². The van der Waals surface area contributed by atoms with E-state index in [1.165, 1.54) is 41.7 Å². The summed E-state index contributed by atoms with van der Waals surface area (Å²) >= 11 is 1.33. The molecule has 3 rings (SSSR count). The lowest BCUT2D eigenvalue weighted by atomic mass is 10.2. The van der Waals surface area contributed by atoms with Gasteiger partial charge in [0.25, 0.3) is 5.91 Å². The molecule has 27 heavy (non-hydrogen) atoms. The molecule has 0 radical (unpaired) electrons. The number of rotatable bonds is 5. The van der Waals surface area contributed by atoms with E-state index in [9.17, 15) is 14.9 Å². The van der Waals surface area contributed by atoms with Gasteiger partial charge in [0.1, 0.15) is 16.6 Å². The number of carbonyl (C=O) groups excluding carboxylic acids is 1. The molecule has 0 saturated carbocycles. The van der Waals surface area contributed by atoms with Crippen LogP contribution in [0, 0.1) is 11.3 Å². The maximum absolute atomic E-state index is 12.3. The van der Waals surface area contributed by atoms with Gasteiger partial charge in [0, 0.05) is 16.6 Å². The smallest absolute Gasteiger partial charge is 0.335 e. The topological polar surface area (TPSA) is 103 Å². The van der Waals surface area contributed by atoms with Crippen molar-refractivity contribution >= 4 is 35.0 Å². The largest absolute Gasteiger partial charge is 0.478 e. The van der Waals surface area contributed by atoms with Crippen LogP contribution in [0.2, 0.25) is 0 Å². The number of nitriles is 1. The average Bonchev–Trinajstić information content (AvgIpc) is 3.16. The summed E-state index contributed by atoms with van der Waals surface area (Å²) < 4.78 is 0. The third-order valence-corrected chi connectivity index (χ3v) is 4.41. The summed E-state index contributed by atoms with van der Waals surface area (Å²) in [7, 11) is 0. The molecule has 1 aromatic heterocycles. The van der Waals surface area contributed by atoms with Crippen LogP contribution in [0.3, 0.4) is 0 Å². The number of nitrogens with one attached hydrogen (secondary N) is 1. The molecule has 0 aliphatic heterocycles. The zero-order chi connectivity index (χ0) is 19.2. The van der Waals surface area contributed by atoms with Crippen LogP contribution in [0.5, 0.6) is 0 Å². The highest BCUT2D eigenvalue weighted by Gasteiger charge is 2.12. The average molecular weight is 375 g/mol. The van der Waals surface area contributed by atoms with Crippen LogP contribution in [0.1, 0.15) is 15.4 Å². The van der Waals surface area contributed by atoms with Crippen molar-refractivity contribution < 1.29 is 14.7 Å². The van der Waals surface area contributed by atoms with Crippen LogP contribution in [0.25, 0.3) is 17.3 Å². The number of hydrogen-bond donors (Lipinski definition) is 2. The van der Waals surface area contributed by atoms with E-state index in [-0.39, 0.29) is 11.1 Å². The number of amides is 1. The Morgan fingerprint density at radius 1 is 1.11 bits per heavy atom. The molecule has 1 amide bonds. The van der Waals surface area contributed by atoms with Crippen molar-refractivity contribution in [2.75, 3.05) is 5.32 Å². The molecule has 3 aromatic rings. The predicted molar refractivity (Wildman–Crippen MR) is 103 cm³/mol. The third kappa shape index (κ3) is 4.45. The first-order valence-electron chi connectivity index (χ1n) is 7.84. The quantitative estimate of drug-likeness (QED) is 0.517. The lowest BCUT2D eigenvalue weighted by Gasteiger charge is -2.04. The van der Waals surface area contributed by atoms with Gasteiger partial charge in [-0.15, -0.1) is 11.3 Å². The fourth-order valence-electron chi connectivity index (χ4n) is 2.26. The first kappa shape index (κ1) is 18.0. The van der Waals surface area contributed by atoms with E-state index in [4.69, 9.17) is 5.11 Å². The predicted octanol–water partition coefficient (Wildman–Crippen LogP) is 4.05. The highest BCUT2D eigenvalue weighted by molar-refractivity contribution is 7.10. The molecule has 0 aliphatic rings. The minimum absolute atomic E-state index is 0.0914. The zero-order valence-electron chi connectivity index (χ0n) is 13.9. The van der Waals surface area contributed by atoms with Crippen LogP contribution in [0.15, 0.2) is 65.6 Å². The Hall–Kier alpha value is -3.76. The molecule has 1 heterocycles. The second-order valence-corrected chi connectivity index (χ2v) is 6.33. The minimum atomic E-state index is -1.05. The summed E-state index contributed by atoms with van der Waals surface area (Å²) in [5, 5.41) is 23.2. The van der Waals surface area contributed by atoms with E-state index in [1.54, 1.807) is 0 Å². The van der Waals surface area contributed by atoms with Crippen LogP contribution in [-0.4, -0.2) is 22.0 Å². The molecule has 0 spiro atoms. The minimum Gasteiger partial charge on any atom is -0.478 e. The molecular weight excluding hydrogens is 362 g/mol. The summed E-state index contributed by atoms with van der Waals surface area (Å²) in [5.41, 5.74) is 2.14. The number of aromatic nitrogens is 1. The van der Waals surface area contributed by atoms with Gasteiger partial charge < -0.3 is 10.4 Å². The van der Waals surface area contributed by atoms with Crippen molar-refractivity contribution in [1.82, 2.24) is 4.98 Å². The van der Waals surface area contributed by atoms with Crippen LogP contribution in [-0.2, 0) is 4.79 Å². The second-order valence-electron chi connectivity index (χ2n) is 5.44. The fraction of sp³-hybridized carbons (Fsp3) is 0. The van der Waals surface area contributed by atoms with Gasteiger partial charge >= 0.3 is 5.97 Å². The number of benzene rings is 2. The molecule has 0 bridgehead atoms. The van der Waals surface area contributed by atoms with Crippen LogP contribution >= 0.6 is 11.3 Å². The molecule has 0 atom stereocenters. The van der Waals surface area contributed by atoms with E-state index >= 15 is 0 Å². The number of carbonyl (C=O) groups is 2. The summed E-state index contributed by atoms with van der Waals surface area (Å²) in [6.45, 7) is 0. The summed E-state index contributed by atoms with van der Waals surface area (Å²) in [6, 6.07) is 17.2. The molecule has 132 valence electrons. The van der Waals surface area contributed by atoms with Gasteiger partial charge in [-0.05, 0) is 30.3 Å². The number of carboxylic acid groups (broad SMARTS) is 1. The van der Waals surface area contributed by atoms with Gasteiger partial charge in [-0.1, -0.05) is 30.3 Å². The number of carboxylic acids is 1. The SMILES string of the molecule is N#C/C(=C\c1nc(-c2ccccc2)cs1)C(=O)Nc1ccc(C(=O)O)cc1. The molecule has 7 heteroatoms. The van der Waals surface area contributed by atoms with Crippen LogP contribution < -0.4 is 5.32 Å². The van der Waals surface area contributed by atoms with Gasteiger partial charge in [0.05, 0.1) is 11.3 Å². The first-order valence-corrected chi connectivity index (χ1v) is 8.72. The number of nitrogens with zero attached hydrogens (tertiary/aromatic N) is 2. The van der Waals surface area contributed by atoms with E-state index in [2.05, 4.69) is 10.3 Å². The fourth-order valence-corrected chi connectivity index (χ4v) is 3.02. The highest BCUT2D eigenvalue weighted by Crippen LogP contribution is 2.23. The van der Waals surface area contributed by atoms with Crippen molar-refractivity contribution in [3.63, 3.8) is 0 Å². The number of hydrogen-bond acceptors (Lipinski definition) is 5. The van der Waals surface area contributed by atoms with Crippen LogP contribution in [0.4, 0.5) is 5.69 Å². The van der Waals surface area contributed by atoms with Crippen molar-refractivity contribution in [2.45, 2.75) is 0 Å². The Bertz CT molecular complexity index is 1050. The van der Waals surface area contributed by atoms with Gasteiger partial charge in [-0.3, -0.25) is 4.79 Å². The zero-order valence-corrected chi connectivity index (χ0v) is 14.7. The standard InChI is InChI=1S/C20H13N3O3S/c21-11-15(19(24)22-16-8-6-14(7-9-16)20(25)26)10-18-23-17(12-27-18)13-4-2-1-3-5-13/h1-10,12H,(H,22,24)(H,25,26)/b15-10+. The Morgan fingerprint density at radius 3 is 2.44 bits per heavy atom. The molecule has 6 nitrogen and oxygen atoms in total. The molecule has 0 fully saturated rings. The normalized spacial score (nSPS) is 10.9. The summed E-state index contributed by atoms with van der Waals surface area (Å²) in [5.74, 6) is -1.64. The van der Waals surface area contributed by atoms with Crippen molar-refractivity contribution in [2.24, 2.45) is 0 Å². The Kier molecular flexibility index (Phi) is 5.40. The lowest BCUT2D eigenvalue weighted by Crippen LogP contribution is -2.13.